The molecule has 6 nitrogen and oxygen atoms in total. The van der Waals surface area contributed by atoms with E-state index in [1.54, 1.807) is 0 Å². The van der Waals surface area contributed by atoms with Crippen LogP contribution < -0.4 is 0 Å². The molecule has 2 unspecified atom stereocenters. The summed E-state index contributed by atoms with van der Waals surface area (Å²) >= 11 is 0. The number of carbonyl (C=O) groups excluding carboxylic acids is 2. The highest BCUT2D eigenvalue weighted by molar-refractivity contribution is 5.91. The van der Waals surface area contributed by atoms with E-state index in [1.165, 1.54) is 14.2 Å². The average molecular weight is 306 g/mol. The molecular weight excluding hydrogens is 284 g/mol. The lowest BCUT2D eigenvalue weighted by atomic mass is 9.71. The molecule has 3 fully saturated rings. The van der Waals surface area contributed by atoms with Crippen molar-refractivity contribution in [3.63, 3.8) is 0 Å². The van der Waals surface area contributed by atoms with E-state index < -0.39 is 11.1 Å². The molecule has 0 spiro atoms. The van der Waals surface area contributed by atoms with Gasteiger partial charge in [0.25, 0.3) is 0 Å². The maximum Gasteiger partial charge on any atom is 0.336 e. The minimum atomic E-state index is -0.924. The van der Waals surface area contributed by atoms with E-state index in [-0.39, 0.29) is 46.4 Å². The summed E-state index contributed by atoms with van der Waals surface area (Å²) in [7, 11) is 2.80. The van der Waals surface area contributed by atoms with Crippen LogP contribution in [0.15, 0.2) is 10.2 Å². The van der Waals surface area contributed by atoms with Gasteiger partial charge < -0.3 is 9.47 Å². The molecule has 0 amide bonds. The molecule has 2 heterocycles. The van der Waals surface area contributed by atoms with Gasteiger partial charge in [0, 0.05) is 23.7 Å². The van der Waals surface area contributed by atoms with Crippen LogP contribution in [-0.4, -0.2) is 37.2 Å². The fourth-order valence-corrected chi connectivity index (χ4v) is 6.28. The van der Waals surface area contributed by atoms with E-state index in [0.717, 1.165) is 0 Å². The van der Waals surface area contributed by atoms with Crippen LogP contribution in [0.25, 0.3) is 0 Å². The standard InChI is InChI=1S/C16H22N2O4/c1-13(2)7-8(13)16(12(20)22-6)10-9(14(10,3)4)15(7,17-18-16)11(19)21-5/h7-10H,1-6H3/t7-,8+,9+,10-,15?,16?. The van der Waals surface area contributed by atoms with Crippen molar-refractivity contribution in [1.82, 2.24) is 0 Å². The Balaban J connectivity index is 1.96. The second kappa shape index (κ2) is 3.39. The molecule has 5 aliphatic rings. The molecule has 120 valence electrons. The lowest BCUT2D eigenvalue weighted by molar-refractivity contribution is -0.159. The lowest BCUT2D eigenvalue weighted by Crippen LogP contribution is -2.58. The van der Waals surface area contributed by atoms with Crippen LogP contribution in [0.3, 0.4) is 0 Å². The van der Waals surface area contributed by atoms with Gasteiger partial charge >= 0.3 is 11.9 Å². The number of carbonyl (C=O) groups is 2. The second-order valence-corrected chi connectivity index (χ2v) is 8.39. The monoisotopic (exact) mass is 306 g/mol. The fourth-order valence-electron chi connectivity index (χ4n) is 6.28. The predicted octanol–water partition coefficient (Wildman–Crippen LogP) is 1.83. The van der Waals surface area contributed by atoms with Gasteiger partial charge in [-0.15, -0.1) is 0 Å². The number of hydrogen-bond acceptors (Lipinski definition) is 6. The first kappa shape index (κ1) is 14.2. The van der Waals surface area contributed by atoms with Crippen molar-refractivity contribution in [2.45, 2.75) is 38.8 Å². The topological polar surface area (TPSA) is 77.3 Å². The van der Waals surface area contributed by atoms with E-state index >= 15 is 0 Å². The summed E-state index contributed by atoms with van der Waals surface area (Å²) in [6.07, 6.45) is 0. The summed E-state index contributed by atoms with van der Waals surface area (Å²) in [5, 5.41) is 8.85. The van der Waals surface area contributed by atoms with Gasteiger partial charge in [-0.1, -0.05) is 27.7 Å². The quantitative estimate of drug-likeness (QED) is 0.729. The van der Waals surface area contributed by atoms with E-state index in [9.17, 15) is 9.59 Å². The Morgan fingerprint density at radius 3 is 1.23 bits per heavy atom. The first-order chi connectivity index (χ1) is 10.1. The van der Waals surface area contributed by atoms with Crippen molar-refractivity contribution in [1.29, 1.82) is 0 Å². The summed E-state index contributed by atoms with van der Waals surface area (Å²) in [5.41, 5.74) is -2.19. The van der Waals surface area contributed by atoms with Crippen molar-refractivity contribution < 1.29 is 19.1 Å². The lowest BCUT2D eigenvalue weighted by Gasteiger charge is -2.41. The number of esters is 2. The van der Waals surface area contributed by atoms with Crippen LogP contribution in [0.4, 0.5) is 0 Å². The third kappa shape index (κ3) is 1.05. The largest absolute Gasteiger partial charge is 0.467 e. The van der Waals surface area contributed by atoms with Gasteiger partial charge in [-0.3, -0.25) is 0 Å². The number of methoxy groups -OCH3 is 2. The fraction of sp³-hybridized carbons (Fsp3) is 0.875. The molecule has 6 heteroatoms. The number of ether oxygens (including phenoxy) is 2. The van der Waals surface area contributed by atoms with Crippen molar-refractivity contribution in [2.24, 2.45) is 44.7 Å². The maximum absolute atomic E-state index is 12.6. The van der Waals surface area contributed by atoms with Crippen LogP contribution in [0.1, 0.15) is 27.7 Å². The number of azo groups is 1. The Hall–Kier alpha value is -1.46. The normalized spacial score (nSPS) is 50.6. The third-order valence-electron chi connectivity index (χ3n) is 6.96. The third-order valence-corrected chi connectivity index (χ3v) is 6.96. The zero-order chi connectivity index (χ0) is 16.3. The minimum Gasteiger partial charge on any atom is -0.467 e. The highest BCUT2D eigenvalue weighted by atomic mass is 16.5. The smallest absolute Gasteiger partial charge is 0.336 e. The van der Waals surface area contributed by atoms with E-state index in [0.29, 0.717) is 0 Å². The maximum atomic E-state index is 12.6. The van der Waals surface area contributed by atoms with Crippen molar-refractivity contribution >= 4 is 11.9 Å². The zero-order valence-corrected chi connectivity index (χ0v) is 13.8. The Labute approximate surface area is 129 Å². The van der Waals surface area contributed by atoms with E-state index in [4.69, 9.17) is 9.47 Å². The van der Waals surface area contributed by atoms with Gasteiger partial charge in [-0.2, -0.15) is 10.2 Å². The highest BCUT2D eigenvalue weighted by Crippen LogP contribution is 2.87. The molecule has 3 saturated carbocycles. The van der Waals surface area contributed by atoms with E-state index in [2.05, 4.69) is 37.9 Å². The van der Waals surface area contributed by atoms with Gasteiger partial charge in [0.2, 0.25) is 0 Å². The average Bonchev–Trinajstić information content (AvgIpc) is 3.31. The van der Waals surface area contributed by atoms with E-state index in [1.807, 2.05) is 0 Å². The van der Waals surface area contributed by atoms with Crippen LogP contribution in [0, 0.1) is 34.5 Å². The highest BCUT2D eigenvalue weighted by Gasteiger charge is 2.96. The Kier molecular flexibility index (Phi) is 2.18. The molecule has 0 saturated heterocycles. The van der Waals surface area contributed by atoms with Crippen LogP contribution >= 0.6 is 0 Å². The summed E-state index contributed by atoms with van der Waals surface area (Å²) in [5.74, 6) is -0.649. The molecule has 0 aromatic carbocycles. The van der Waals surface area contributed by atoms with Gasteiger partial charge in [-0.05, 0) is 10.8 Å². The SMILES string of the molecule is COC(=O)C12N=NC(C(=O)OC)([C@@H]3[C@H]1C3(C)C)[C@H]1[C@@H]2C1(C)C. The molecular formula is C16H22N2O4. The van der Waals surface area contributed by atoms with Crippen LogP contribution in [-0.2, 0) is 19.1 Å². The second-order valence-electron chi connectivity index (χ2n) is 8.39. The molecule has 0 aromatic rings. The van der Waals surface area contributed by atoms with Crippen LogP contribution in [0.2, 0.25) is 0 Å². The molecule has 5 rings (SSSR count). The number of hydrogen-bond donors (Lipinski definition) is 0. The summed E-state index contributed by atoms with van der Waals surface area (Å²) in [4.78, 5) is 25.3. The number of nitrogens with zero attached hydrogens (tertiary/aromatic N) is 2. The van der Waals surface area contributed by atoms with Gasteiger partial charge in [0.05, 0.1) is 14.2 Å². The molecule has 6 atom stereocenters. The molecule has 0 radical (unpaired) electrons. The summed E-state index contributed by atoms with van der Waals surface area (Å²) < 4.78 is 10.2. The Morgan fingerprint density at radius 2 is 1.00 bits per heavy atom. The van der Waals surface area contributed by atoms with Crippen molar-refractivity contribution in [2.75, 3.05) is 14.2 Å². The summed E-state index contributed by atoms with van der Waals surface area (Å²) in [6, 6.07) is 0. The first-order valence-electron chi connectivity index (χ1n) is 7.76. The number of rotatable bonds is 2. The first-order valence-corrected chi connectivity index (χ1v) is 7.76. The minimum absolute atomic E-state index is 0.00734. The van der Waals surface area contributed by atoms with Crippen molar-refractivity contribution in [3.8, 4) is 0 Å². The molecule has 3 aliphatic carbocycles. The van der Waals surface area contributed by atoms with Crippen molar-refractivity contribution in [3.05, 3.63) is 0 Å². The molecule has 2 bridgehead atoms. The van der Waals surface area contributed by atoms with Gasteiger partial charge in [-0.25, -0.2) is 9.59 Å². The van der Waals surface area contributed by atoms with Crippen LogP contribution in [0.5, 0.6) is 0 Å². The van der Waals surface area contributed by atoms with Gasteiger partial charge in [0.15, 0.2) is 11.1 Å². The molecule has 0 aromatic heterocycles. The molecule has 0 N–H and O–H groups in total. The zero-order valence-electron chi connectivity index (χ0n) is 13.8. The Morgan fingerprint density at radius 1 is 0.727 bits per heavy atom. The predicted molar refractivity (Wildman–Crippen MR) is 75.9 cm³/mol. The molecule has 2 aliphatic heterocycles. The van der Waals surface area contributed by atoms with Gasteiger partial charge in [0.1, 0.15) is 0 Å². The summed E-state index contributed by atoms with van der Waals surface area (Å²) in [6.45, 7) is 8.36. The molecule has 22 heavy (non-hydrogen) atoms. The Bertz CT molecular complexity index is 558.